The van der Waals surface area contributed by atoms with Crippen molar-refractivity contribution in [2.45, 2.75) is 39.2 Å². The van der Waals surface area contributed by atoms with Gasteiger partial charge in [-0.05, 0) is 24.7 Å². The van der Waals surface area contributed by atoms with Gasteiger partial charge in [-0.3, -0.25) is 4.79 Å². The van der Waals surface area contributed by atoms with Crippen LogP contribution in [0.2, 0.25) is 0 Å². The molecule has 0 amide bonds. The van der Waals surface area contributed by atoms with Gasteiger partial charge >= 0.3 is 5.97 Å². The minimum absolute atomic E-state index is 0.159. The molecule has 0 aromatic carbocycles. The molecule has 0 radical (unpaired) electrons. The third-order valence-corrected chi connectivity index (χ3v) is 3.73. The molecule has 0 aliphatic heterocycles. The molecule has 3 N–H and O–H groups in total. The summed E-state index contributed by atoms with van der Waals surface area (Å²) in [6.45, 7) is 4.15. The maximum Gasteiger partial charge on any atom is 0.304 e. The fraction of sp³-hybridized carbons (Fsp3) is 0.900. The monoisotopic (exact) mass is 264 g/mol. The highest BCUT2D eigenvalue weighted by Crippen LogP contribution is 2.34. The van der Waals surface area contributed by atoms with E-state index in [4.69, 9.17) is 5.11 Å². The van der Waals surface area contributed by atoms with Crippen LogP contribution in [0.4, 0.5) is 0 Å². The second-order valence-corrected chi connectivity index (χ2v) is 6.44. The lowest BCUT2D eigenvalue weighted by molar-refractivity contribution is -0.137. The van der Waals surface area contributed by atoms with Gasteiger partial charge in [-0.15, -0.1) is 0 Å². The Morgan fingerprint density at radius 3 is 2.41 bits per heavy atom. The average molecular weight is 264 g/mol. The largest absolute Gasteiger partial charge is 0.481 e. The fourth-order valence-corrected chi connectivity index (χ4v) is 2.82. The molecule has 1 aliphatic carbocycles. The van der Waals surface area contributed by atoms with Gasteiger partial charge in [-0.25, -0.2) is 4.72 Å². The maximum absolute atomic E-state index is 11.6. The first-order valence-corrected chi connectivity index (χ1v) is 7.27. The zero-order valence-corrected chi connectivity index (χ0v) is 11.0. The molecule has 0 spiro atoms. The van der Waals surface area contributed by atoms with Crippen LogP contribution in [-0.2, 0) is 15.0 Å². The molecular weight excluding hydrogens is 244 g/mol. The highest BCUT2D eigenvalue weighted by molar-refractivity contribution is 7.87. The Bertz CT molecular complexity index is 363. The van der Waals surface area contributed by atoms with Crippen molar-refractivity contribution in [3.8, 4) is 0 Å². The van der Waals surface area contributed by atoms with Crippen LogP contribution in [-0.4, -0.2) is 32.1 Å². The second-order valence-electron chi connectivity index (χ2n) is 4.91. The molecule has 6 nitrogen and oxygen atoms in total. The van der Waals surface area contributed by atoms with Crippen LogP contribution in [0.25, 0.3) is 0 Å². The smallest absolute Gasteiger partial charge is 0.304 e. The van der Waals surface area contributed by atoms with Crippen molar-refractivity contribution >= 4 is 16.2 Å². The molecule has 0 heterocycles. The number of carbonyl (C=O) groups is 1. The molecule has 1 saturated carbocycles. The number of rotatable bonds is 8. The summed E-state index contributed by atoms with van der Waals surface area (Å²) in [6.07, 6.45) is 1.63. The minimum Gasteiger partial charge on any atom is -0.481 e. The van der Waals surface area contributed by atoms with E-state index in [1.165, 1.54) is 0 Å². The van der Waals surface area contributed by atoms with Crippen molar-refractivity contribution in [3.63, 3.8) is 0 Å². The van der Waals surface area contributed by atoms with Crippen molar-refractivity contribution in [2.24, 2.45) is 11.8 Å². The van der Waals surface area contributed by atoms with Gasteiger partial charge < -0.3 is 5.11 Å². The molecule has 1 atom stereocenters. The van der Waals surface area contributed by atoms with E-state index in [1.807, 2.05) is 13.8 Å². The van der Waals surface area contributed by atoms with Crippen LogP contribution in [0.15, 0.2) is 0 Å². The normalized spacial score (nSPS) is 18.3. The van der Waals surface area contributed by atoms with Crippen LogP contribution in [0, 0.1) is 11.8 Å². The predicted molar refractivity (Wildman–Crippen MR) is 63.7 cm³/mol. The Hall–Kier alpha value is -0.660. The van der Waals surface area contributed by atoms with Gasteiger partial charge in [0.05, 0.1) is 6.42 Å². The van der Waals surface area contributed by atoms with Crippen LogP contribution >= 0.6 is 0 Å². The number of nitrogens with one attached hydrogen (secondary N) is 2. The molecule has 1 fully saturated rings. The fourth-order valence-electron chi connectivity index (χ4n) is 1.51. The van der Waals surface area contributed by atoms with Crippen molar-refractivity contribution in [3.05, 3.63) is 0 Å². The quantitative estimate of drug-likeness (QED) is 0.588. The average Bonchev–Trinajstić information content (AvgIpc) is 2.95. The lowest BCUT2D eigenvalue weighted by Gasteiger charge is -2.17. The van der Waals surface area contributed by atoms with Crippen LogP contribution in [0.5, 0.6) is 0 Å². The van der Waals surface area contributed by atoms with Gasteiger partial charge in [0.15, 0.2) is 0 Å². The van der Waals surface area contributed by atoms with E-state index in [9.17, 15) is 13.2 Å². The molecule has 17 heavy (non-hydrogen) atoms. The van der Waals surface area contributed by atoms with Crippen molar-refractivity contribution in [1.29, 1.82) is 0 Å². The third-order valence-electron chi connectivity index (χ3n) is 2.57. The maximum atomic E-state index is 11.6. The van der Waals surface area contributed by atoms with Gasteiger partial charge in [0, 0.05) is 12.6 Å². The lowest BCUT2D eigenvalue weighted by atomic mass is 10.1. The number of carboxylic acids is 1. The molecule has 100 valence electrons. The van der Waals surface area contributed by atoms with Crippen LogP contribution < -0.4 is 9.44 Å². The van der Waals surface area contributed by atoms with E-state index in [1.54, 1.807) is 0 Å². The zero-order valence-electron chi connectivity index (χ0n) is 10.1. The number of hydrogen-bond acceptors (Lipinski definition) is 3. The van der Waals surface area contributed by atoms with Gasteiger partial charge in [-0.1, -0.05) is 13.8 Å². The molecule has 0 saturated heterocycles. The summed E-state index contributed by atoms with van der Waals surface area (Å²) in [5.74, 6) is -0.597. The number of hydrogen-bond donors (Lipinski definition) is 3. The van der Waals surface area contributed by atoms with E-state index in [-0.39, 0.29) is 18.3 Å². The highest BCUT2D eigenvalue weighted by atomic mass is 32.2. The minimum atomic E-state index is -3.59. The van der Waals surface area contributed by atoms with Crippen LogP contribution in [0.3, 0.4) is 0 Å². The van der Waals surface area contributed by atoms with Gasteiger partial charge in [0.1, 0.15) is 0 Å². The van der Waals surface area contributed by atoms with Gasteiger partial charge in [0.2, 0.25) is 0 Å². The molecule has 0 aromatic rings. The predicted octanol–water partition coefficient (Wildman–Crippen LogP) is 0.320. The van der Waals surface area contributed by atoms with E-state index in [0.29, 0.717) is 6.54 Å². The van der Waals surface area contributed by atoms with Crippen molar-refractivity contribution < 1.29 is 18.3 Å². The highest BCUT2D eigenvalue weighted by Gasteiger charge is 2.35. The summed E-state index contributed by atoms with van der Waals surface area (Å²) in [4.78, 5) is 10.6. The summed E-state index contributed by atoms with van der Waals surface area (Å²) >= 11 is 0. The Morgan fingerprint density at radius 2 is 2.00 bits per heavy atom. The Balaban J connectivity index is 2.50. The summed E-state index contributed by atoms with van der Waals surface area (Å²) in [5, 5.41) is 8.72. The van der Waals surface area contributed by atoms with E-state index in [0.717, 1.165) is 12.8 Å². The molecule has 1 aliphatic rings. The molecule has 7 heteroatoms. The summed E-state index contributed by atoms with van der Waals surface area (Å²) in [5.41, 5.74) is 0. The van der Waals surface area contributed by atoms with Crippen LogP contribution in [0.1, 0.15) is 33.1 Å². The van der Waals surface area contributed by atoms with E-state index < -0.39 is 22.2 Å². The third kappa shape index (κ3) is 5.99. The molecule has 0 aromatic heterocycles. The first-order chi connectivity index (χ1) is 7.80. The summed E-state index contributed by atoms with van der Waals surface area (Å²) in [7, 11) is -3.59. The number of aliphatic carboxylic acids is 1. The lowest BCUT2D eigenvalue weighted by Crippen LogP contribution is -2.45. The Morgan fingerprint density at radius 1 is 1.41 bits per heavy atom. The molecule has 1 unspecified atom stereocenters. The summed E-state index contributed by atoms with van der Waals surface area (Å²) in [6, 6.07) is -0.489. The SMILES string of the molecule is CC(C)CNS(=O)(=O)NC(CC(=O)O)C1CC1. The first-order valence-electron chi connectivity index (χ1n) is 5.79. The Labute approximate surface area is 102 Å². The Kier molecular flexibility index (Phi) is 4.91. The van der Waals surface area contributed by atoms with Crippen molar-refractivity contribution in [1.82, 2.24) is 9.44 Å². The molecule has 0 bridgehead atoms. The van der Waals surface area contributed by atoms with Gasteiger partial charge in [0.25, 0.3) is 10.2 Å². The standard InChI is InChI=1S/C10H20N2O4S/c1-7(2)6-11-17(15,16)12-9(5-10(13)14)8-3-4-8/h7-9,11-12H,3-6H2,1-2H3,(H,13,14). The van der Waals surface area contributed by atoms with Gasteiger partial charge in [-0.2, -0.15) is 13.1 Å². The number of carboxylic acid groups (broad SMARTS) is 1. The summed E-state index contributed by atoms with van der Waals surface area (Å²) < 4.78 is 28.1. The topological polar surface area (TPSA) is 95.5 Å². The second kappa shape index (κ2) is 5.79. The molecular formula is C10H20N2O4S. The first kappa shape index (κ1) is 14.4. The van der Waals surface area contributed by atoms with E-state index in [2.05, 4.69) is 9.44 Å². The zero-order chi connectivity index (χ0) is 13.1. The molecule has 1 rings (SSSR count). The van der Waals surface area contributed by atoms with E-state index >= 15 is 0 Å². The van der Waals surface area contributed by atoms with Crippen molar-refractivity contribution in [2.75, 3.05) is 6.54 Å².